The third-order valence-electron chi connectivity index (χ3n) is 6.61. The molecule has 0 unspecified atom stereocenters. The van der Waals surface area contributed by atoms with Crippen molar-refractivity contribution < 1.29 is 9.47 Å². The van der Waals surface area contributed by atoms with E-state index in [1.54, 1.807) is 17.8 Å². The van der Waals surface area contributed by atoms with E-state index in [1.807, 2.05) is 12.1 Å². The Labute approximate surface area is 226 Å². The molecule has 1 aliphatic rings. The molecule has 7 heteroatoms. The summed E-state index contributed by atoms with van der Waals surface area (Å²) >= 11 is 14.2. The summed E-state index contributed by atoms with van der Waals surface area (Å²) in [6, 6.07) is 5.69. The Bertz CT molecular complexity index is 904. The smallest absolute Gasteiger partial charge is 0.168 e. The van der Waals surface area contributed by atoms with E-state index in [1.165, 1.54) is 32.1 Å². The molecule has 1 aromatic carbocycles. The van der Waals surface area contributed by atoms with Crippen molar-refractivity contribution >= 4 is 35.0 Å². The SMILES string of the molecule is CCCCOC1(OCCc2nc(C(C)C)c(Sc3cc(Cl)cc(Cl)c3)n2CC)CCCCCCC1. The summed E-state index contributed by atoms with van der Waals surface area (Å²) in [4.78, 5) is 6.12. The first kappa shape index (κ1) is 28.8. The van der Waals surface area contributed by atoms with Crippen LogP contribution in [0, 0.1) is 0 Å². The minimum atomic E-state index is -0.435. The van der Waals surface area contributed by atoms with Crippen LogP contribution in [0.15, 0.2) is 28.1 Å². The Hall–Kier alpha value is -0.720. The van der Waals surface area contributed by atoms with Crippen LogP contribution in [0.3, 0.4) is 0 Å². The van der Waals surface area contributed by atoms with Gasteiger partial charge in [-0.05, 0) is 50.3 Å². The average molecular weight is 542 g/mol. The fourth-order valence-corrected chi connectivity index (χ4v) is 6.69. The number of rotatable bonds is 12. The lowest BCUT2D eigenvalue weighted by Gasteiger charge is -2.35. The molecule has 35 heavy (non-hydrogen) atoms. The Morgan fingerprint density at radius 2 is 1.60 bits per heavy atom. The first-order valence-electron chi connectivity index (χ1n) is 13.4. The molecule has 1 fully saturated rings. The number of hydrogen-bond acceptors (Lipinski definition) is 4. The molecule has 1 saturated carbocycles. The standard InChI is InChI=1S/C28H42Cl2N2O2S/c1-5-7-16-33-28(14-11-9-8-10-12-15-28)34-17-13-25-31-26(21(3)4)27(32(25)6-2)35-24-19-22(29)18-23(30)20-24/h18-21H,5-17H2,1-4H3. The molecule has 4 nitrogen and oxygen atoms in total. The van der Waals surface area contributed by atoms with Crippen molar-refractivity contribution in [2.75, 3.05) is 13.2 Å². The summed E-state index contributed by atoms with van der Waals surface area (Å²) in [5.41, 5.74) is 1.11. The second-order valence-electron chi connectivity index (χ2n) is 9.80. The van der Waals surface area contributed by atoms with Gasteiger partial charge in [-0.3, -0.25) is 0 Å². The van der Waals surface area contributed by atoms with Gasteiger partial charge >= 0.3 is 0 Å². The third kappa shape index (κ3) is 8.39. The zero-order chi connectivity index (χ0) is 25.3. The summed E-state index contributed by atoms with van der Waals surface area (Å²) in [5, 5.41) is 2.46. The number of imidazole rings is 1. The zero-order valence-corrected chi connectivity index (χ0v) is 24.2. The monoisotopic (exact) mass is 540 g/mol. The van der Waals surface area contributed by atoms with Crippen molar-refractivity contribution in [3.8, 4) is 0 Å². The van der Waals surface area contributed by atoms with Gasteiger partial charge in [0.25, 0.3) is 0 Å². The second kappa shape index (κ2) is 14.3. The maximum absolute atomic E-state index is 6.60. The Kier molecular flexibility index (Phi) is 11.8. The van der Waals surface area contributed by atoms with E-state index >= 15 is 0 Å². The molecule has 0 atom stereocenters. The molecular formula is C28H42Cl2N2O2S. The number of unbranched alkanes of at least 4 members (excludes halogenated alkanes) is 1. The predicted octanol–water partition coefficient (Wildman–Crippen LogP) is 9.30. The fourth-order valence-electron chi connectivity index (χ4n) is 4.71. The van der Waals surface area contributed by atoms with Crippen LogP contribution < -0.4 is 0 Å². The fraction of sp³-hybridized carbons (Fsp3) is 0.679. The van der Waals surface area contributed by atoms with E-state index in [4.69, 9.17) is 37.7 Å². The van der Waals surface area contributed by atoms with Crippen LogP contribution in [0.4, 0.5) is 0 Å². The molecule has 0 saturated heterocycles. The van der Waals surface area contributed by atoms with Crippen molar-refractivity contribution in [2.24, 2.45) is 0 Å². The van der Waals surface area contributed by atoms with Gasteiger partial charge in [0.2, 0.25) is 0 Å². The number of nitrogens with zero attached hydrogens (tertiary/aromatic N) is 2. The lowest BCUT2D eigenvalue weighted by atomic mass is 9.95. The number of hydrogen-bond donors (Lipinski definition) is 0. The van der Waals surface area contributed by atoms with Crippen LogP contribution in [0.2, 0.25) is 10.0 Å². The van der Waals surface area contributed by atoms with Gasteiger partial charge in [-0.1, -0.05) is 81.4 Å². The van der Waals surface area contributed by atoms with Gasteiger partial charge in [0, 0.05) is 40.7 Å². The summed E-state index contributed by atoms with van der Waals surface area (Å²) in [5.74, 6) is 0.949. The molecule has 0 radical (unpaired) electrons. The normalized spacial score (nSPS) is 16.4. The molecule has 1 aromatic heterocycles. The van der Waals surface area contributed by atoms with Gasteiger partial charge in [0.1, 0.15) is 10.9 Å². The van der Waals surface area contributed by atoms with E-state index in [2.05, 4.69) is 32.3 Å². The number of aromatic nitrogens is 2. The highest BCUT2D eigenvalue weighted by molar-refractivity contribution is 7.99. The minimum Gasteiger partial charge on any atom is -0.350 e. The van der Waals surface area contributed by atoms with Crippen molar-refractivity contribution in [1.82, 2.24) is 9.55 Å². The highest BCUT2D eigenvalue weighted by atomic mass is 35.5. The quantitative estimate of drug-likeness (QED) is 0.198. The van der Waals surface area contributed by atoms with Crippen LogP contribution in [0.5, 0.6) is 0 Å². The molecule has 0 N–H and O–H groups in total. The highest BCUT2D eigenvalue weighted by Crippen LogP contribution is 2.37. The molecular weight excluding hydrogens is 499 g/mol. The average Bonchev–Trinajstić information content (AvgIpc) is 3.13. The summed E-state index contributed by atoms with van der Waals surface area (Å²) in [7, 11) is 0. The predicted molar refractivity (Wildman–Crippen MR) is 148 cm³/mol. The lowest BCUT2D eigenvalue weighted by Crippen LogP contribution is -2.38. The molecule has 196 valence electrons. The van der Waals surface area contributed by atoms with Gasteiger partial charge in [-0.25, -0.2) is 4.98 Å². The lowest BCUT2D eigenvalue weighted by molar-refractivity contribution is -0.247. The van der Waals surface area contributed by atoms with Crippen LogP contribution in [-0.2, 0) is 22.4 Å². The van der Waals surface area contributed by atoms with Gasteiger partial charge in [0.15, 0.2) is 5.79 Å². The van der Waals surface area contributed by atoms with Crippen LogP contribution in [0.25, 0.3) is 0 Å². The Morgan fingerprint density at radius 3 is 2.20 bits per heavy atom. The van der Waals surface area contributed by atoms with Gasteiger partial charge in [0.05, 0.1) is 18.9 Å². The molecule has 0 aliphatic heterocycles. The molecule has 1 aliphatic carbocycles. The van der Waals surface area contributed by atoms with Gasteiger partial charge in [-0.2, -0.15) is 0 Å². The van der Waals surface area contributed by atoms with E-state index in [9.17, 15) is 0 Å². The Balaban J connectivity index is 1.77. The third-order valence-corrected chi connectivity index (χ3v) is 8.14. The number of benzene rings is 1. The Morgan fingerprint density at radius 1 is 0.971 bits per heavy atom. The number of halogens is 2. The maximum Gasteiger partial charge on any atom is 0.168 e. The van der Waals surface area contributed by atoms with E-state index in [0.717, 1.165) is 66.7 Å². The maximum atomic E-state index is 6.60. The van der Waals surface area contributed by atoms with E-state index < -0.39 is 5.79 Å². The van der Waals surface area contributed by atoms with E-state index in [0.29, 0.717) is 22.6 Å². The van der Waals surface area contributed by atoms with Crippen LogP contribution in [-0.4, -0.2) is 28.6 Å². The van der Waals surface area contributed by atoms with Gasteiger partial charge < -0.3 is 14.0 Å². The summed E-state index contributed by atoms with van der Waals surface area (Å²) in [6.07, 6.45) is 11.2. The van der Waals surface area contributed by atoms with Crippen molar-refractivity contribution in [3.63, 3.8) is 0 Å². The molecule has 0 spiro atoms. The second-order valence-corrected chi connectivity index (χ2v) is 11.7. The summed E-state index contributed by atoms with van der Waals surface area (Å²) in [6.45, 7) is 11.0. The van der Waals surface area contributed by atoms with Gasteiger partial charge in [-0.15, -0.1) is 0 Å². The van der Waals surface area contributed by atoms with E-state index in [-0.39, 0.29) is 0 Å². The first-order chi connectivity index (χ1) is 16.9. The summed E-state index contributed by atoms with van der Waals surface area (Å²) < 4.78 is 15.3. The zero-order valence-electron chi connectivity index (χ0n) is 21.9. The number of ether oxygens (including phenoxy) is 2. The minimum absolute atomic E-state index is 0.314. The van der Waals surface area contributed by atoms with Crippen molar-refractivity contribution in [2.45, 2.75) is 120 Å². The molecule has 0 bridgehead atoms. The molecule has 3 rings (SSSR count). The molecule has 2 aromatic rings. The van der Waals surface area contributed by atoms with Crippen molar-refractivity contribution in [3.05, 3.63) is 39.8 Å². The molecule has 0 amide bonds. The first-order valence-corrected chi connectivity index (χ1v) is 15.0. The van der Waals surface area contributed by atoms with Crippen molar-refractivity contribution in [1.29, 1.82) is 0 Å². The van der Waals surface area contributed by atoms with Crippen LogP contribution >= 0.6 is 35.0 Å². The highest BCUT2D eigenvalue weighted by Gasteiger charge is 2.32. The topological polar surface area (TPSA) is 36.3 Å². The molecule has 1 heterocycles. The largest absolute Gasteiger partial charge is 0.350 e. The van der Waals surface area contributed by atoms with Crippen LogP contribution in [0.1, 0.15) is 103 Å².